The fraction of sp³-hybridized carbons (Fsp3) is 0.600. The molecule has 0 aliphatic carbocycles. The number of carbonyl (C=O) groups is 6. The standard InChI is InChI=1S/C30H39N5O9S2/c1-6-7-12-32-28(41)44-16-10-8-15(9-11-16)19(31)23(37)33-20-24(38)35-22(30(4,5)46-25(20)35)27(40)43-14-42-26(39)21-29(2,3)45-18-13-17(36)34(18)21/h8-11,18-22,25H,6-7,12-14,31H2,1-5H3,(H,32,41)(H,33,37)/t18-,19?,20-,21+,22+,25-/m1/s1. The third-order valence-electron chi connectivity index (χ3n) is 8.44. The van der Waals surface area contributed by atoms with E-state index in [1.807, 2.05) is 20.8 Å². The van der Waals surface area contributed by atoms with Crippen molar-refractivity contribution >= 4 is 59.3 Å². The van der Waals surface area contributed by atoms with Gasteiger partial charge in [0.05, 0.1) is 11.8 Å². The normalized spacial score (nSPS) is 27.4. The maximum absolute atomic E-state index is 13.2. The highest BCUT2D eigenvalue weighted by molar-refractivity contribution is 8.02. The maximum atomic E-state index is 13.2. The highest BCUT2D eigenvalue weighted by Gasteiger charge is 2.65. The lowest BCUT2D eigenvalue weighted by Crippen LogP contribution is -2.71. The molecule has 1 aromatic rings. The quantitative estimate of drug-likeness (QED) is 0.133. The van der Waals surface area contributed by atoms with Crippen molar-refractivity contribution < 1.29 is 43.0 Å². The molecule has 4 fully saturated rings. The van der Waals surface area contributed by atoms with Crippen molar-refractivity contribution in [3.8, 4) is 5.75 Å². The Bertz CT molecular complexity index is 1420. The van der Waals surface area contributed by atoms with Crippen LogP contribution in [0.1, 0.15) is 65.5 Å². The summed E-state index contributed by atoms with van der Waals surface area (Å²) in [5, 5.41) is 4.74. The van der Waals surface area contributed by atoms with Crippen LogP contribution in [0.25, 0.3) is 0 Å². The summed E-state index contributed by atoms with van der Waals surface area (Å²) in [5.74, 6) is -2.30. The number of esters is 2. The number of thioether (sulfide) groups is 2. The van der Waals surface area contributed by atoms with Gasteiger partial charge in [-0.05, 0) is 51.8 Å². The number of nitrogens with zero attached hydrogens (tertiary/aromatic N) is 2. The van der Waals surface area contributed by atoms with Gasteiger partial charge in [-0.25, -0.2) is 14.4 Å². The van der Waals surface area contributed by atoms with Crippen LogP contribution in [0, 0.1) is 0 Å². The Hall–Kier alpha value is -3.50. The zero-order chi connectivity index (χ0) is 33.6. The lowest BCUT2D eigenvalue weighted by atomic mass is 9.95. The van der Waals surface area contributed by atoms with Gasteiger partial charge in [-0.3, -0.25) is 14.4 Å². The summed E-state index contributed by atoms with van der Waals surface area (Å²) in [6.45, 7) is 9.15. The third kappa shape index (κ3) is 6.38. The number of hydrogen-bond acceptors (Lipinski definition) is 12. The molecule has 1 unspecified atom stereocenters. The van der Waals surface area contributed by atoms with E-state index >= 15 is 0 Å². The van der Waals surface area contributed by atoms with Gasteiger partial charge >= 0.3 is 18.0 Å². The lowest BCUT2D eigenvalue weighted by molar-refractivity contribution is -0.181. The van der Waals surface area contributed by atoms with E-state index in [-0.39, 0.29) is 17.0 Å². The van der Waals surface area contributed by atoms with Crippen LogP contribution in [0.2, 0.25) is 0 Å². The Kier molecular flexibility index (Phi) is 9.53. The highest BCUT2D eigenvalue weighted by atomic mass is 32.2. The van der Waals surface area contributed by atoms with Gasteiger partial charge in [0.25, 0.3) is 0 Å². The minimum atomic E-state index is -1.10. The SMILES string of the molecule is CCCCNC(=O)Oc1ccc(C(N)C(=O)N[C@@H]2C(=O)N3[C@@H]2SC(C)(C)[C@@H]3C(=O)OCOC(=O)[C@@H]2N3C(=O)C[C@H]3SC2(C)C)cc1. The first-order valence-electron chi connectivity index (χ1n) is 15.1. The average Bonchev–Trinajstić information content (AvgIpc) is 3.38. The third-order valence-corrected chi connectivity index (χ3v) is 11.5. The lowest BCUT2D eigenvalue weighted by Gasteiger charge is -2.44. The Morgan fingerprint density at radius 3 is 2.20 bits per heavy atom. The van der Waals surface area contributed by atoms with E-state index in [0.717, 1.165) is 12.8 Å². The van der Waals surface area contributed by atoms with E-state index in [9.17, 15) is 28.8 Å². The molecule has 16 heteroatoms. The number of nitrogens with one attached hydrogen (secondary N) is 2. The number of hydrogen-bond donors (Lipinski definition) is 3. The molecule has 0 aromatic heterocycles. The molecule has 6 atom stereocenters. The number of rotatable bonds is 11. The van der Waals surface area contributed by atoms with Gasteiger partial charge in [-0.2, -0.15) is 0 Å². The number of unbranched alkanes of at least 4 members (excludes halogenated alkanes) is 1. The summed E-state index contributed by atoms with van der Waals surface area (Å²) >= 11 is 2.87. The molecule has 0 bridgehead atoms. The average molecular weight is 678 g/mol. The summed E-state index contributed by atoms with van der Waals surface area (Å²) in [5.41, 5.74) is 6.62. The fourth-order valence-electron chi connectivity index (χ4n) is 6.04. The van der Waals surface area contributed by atoms with E-state index in [1.54, 1.807) is 26.0 Å². The van der Waals surface area contributed by atoms with Gasteiger partial charge in [-0.15, -0.1) is 23.5 Å². The van der Waals surface area contributed by atoms with Crippen molar-refractivity contribution in [1.82, 2.24) is 20.4 Å². The minimum Gasteiger partial charge on any atom is -0.426 e. The smallest absolute Gasteiger partial charge is 0.412 e. The van der Waals surface area contributed by atoms with Crippen LogP contribution in [0.4, 0.5) is 4.79 Å². The molecule has 4 amide bonds. The summed E-state index contributed by atoms with van der Waals surface area (Å²) in [6, 6.07) is 2.39. The Labute approximate surface area is 275 Å². The number of ether oxygens (including phenoxy) is 3. The predicted molar refractivity (Wildman–Crippen MR) is 168 cm³/mol. The number of benzene rings is 1. The first-order chi connectivity index (χ1) is 21.7. The minimum absolute atomic E-state index is 0.0639. The van der Waals surface area contributed by atoms with Crippen LogP contribution in [0.15, 0.2) is 24.3 Å². The summed E-state index contributed by atoms with van der Waals surface area (Å²) in [7, 11) is 0. The molecule has 0 saturated carbocycles. The molecule has 5 rings (SSSR count). The van der Waals surface area contributed by atoms with E-state index in [1.165, 1.54) is 45.5 Å². The summed E-state index contributed by atoms with van der Waals surface area (Å²) in [6.07, 6.45) is 1.57. The topological polar surface area (TPSA) is 187 Å². The molecule has 4 heterocycles. The molecule has 4 N–H and O–H groups in total. The molecule has 4 aliphatic rings. The van der Waals surface area contributed by atoms with E-state index in [0.29, 0.717) is 18.5 Å². The number of carbonyl (C=O) groups excluding carboxylic acids is 6. The molecule has 4 saturated heterocycles. The summed E-state index contributed by atoms with van der Waals surface area (Å²) in [4.78, 5) is 79.0. The highest BCUT2D eigenvalue weighted by Crippen LogP contribution is 2.52. The van der Waals surface area contributed by atoms with E-state index in [4.69, 9.17) is 19.9 Å². The molecule has 46 heavy (non-hydrogen) atoms. The largest absolute Gasteiger partial charge is 0.426 e. The van der Waals surface area contributed by atoms with E-state index in [2.05, 4.69) is 10.6 Å². The fourth-order valence-corrected chi connectivity index (χ4v) is 9.27. The molecule has 14 nitrogen and oxygen atoms in total. The van der Waals surface area contributed by atoms with Gasteiger partial charge in [-0.1, -0.05) is 25.5 Å². The van der Waals surface area contributed by atoms with Gasteiger partial charge in [0.1, 0.15) is 35.3 Å². The predicted octanol–water partition coefficient (Wildman–Crippen LogP) is 1.62. The first kappa shape index (κ1) is 33.9. The second-order valence-corrected chi connectivity index (χ2v) is 16.2. The summed E-state index contributed by atoms with van der Waals surface area (Å²) < 4.78 is 14.4. The molecule has 250 valence electrons. The second-order valence-electron chi connectivity index (χ2n) is 12.6. The van der Waals surface area contributed by atoms with Crippen LogP contribution in [0.3, 0.4) is 0 Å². The van der Waals surface area contributed by atoms with Gasteiger partial charge in [0, 0.05) is 16.0 Å². The zero-order valence-corrected chi connectivity index (χ0v) is 27.9. The van der Waals surface area contributed by atoms with Crippen LogP contribution in [-0.2, 0) is 33.4 Å². The number of amides is 4. The number of fused-ring (bicyclic) bond motifs is 2. The molecular weight excluding hydrogens is 638 g/mol. The van der Waals surface area contributed by atoms with Gasteiger partial charge < -0.3 is 40.4 Å². The zero-order valence-electron chi connectivity index (χ0n) is 26.3. The van der Waals surface area contributed by atoms with Crippen molar-refractivity contribution in [1.29, 1.82) is 0 Å². The number of nitrogens with two attached hydrogens (primary N) is 1. The van der Waals surface area contributed by atoms with Gasteiger partial charge in [0.15, 0.2) is 0 Å². The Morgan fingerprint density at radius 1 is 0.978 bits per heavy atom. The molecule has 4 aliphatic heterocycles. The van der Waals surface area contributed by atoms with Crippen molar-refractivity contribution in [2.45, 2.75) is 98.3 Å². The maximum Gasteiger partial charge on any atom is 0.412 e. The second kappa shape index (κ2) is 13.0. The number of β-lactam (4-membered cyclic amide) rings is 2. The van der Waals surface area contributed by atoms with Crippen LogP contribution >= 0.6 is 23.5 Å². The first-order valence-corrected chi connectivity index (χ1v) is 16.9. The Balaban J connectivity index is 1.12. The Morgan fingerprint density at radius 2 is 1.59 bits per heavy atom. The van der Waals surface area contributed by atoms with Crippen molar-refractivity contribution in [3.05, 3.63) is 29.8 Å². The molecule has 0 spiro atoms. The van der Waals surface area contributed by atoms with E-state index < -0.39 is 75.7 Å². The van der Waals surface area contributed by atoms with Crippen LogP contribution < -0.4 is 21.1 Å². The molecular formula is C30H39N5O9S2. The van der Waals surface area contributed by atoms with Crippen LogP contribution in [0.5, 0.6) is 5.75 Å². The van der Waals surface area contributed by atoms with Crippen molar-refractivity contribution in [3.63, 3.8) is 0 Å². The van der Waals surface area contributed by atoms with Crippen molar-refractivity contribution in [2.24, 2.45) is 5.73 Å². The van der Waals surface area contributed by atoms with Crippen molar-refractivity contribution in [2.75, 3.05) is 13.3 Å². The molecule has 0 radical (unpaired) electrons. The van der Waals surface area contributed by atoms with Gasteiger partial charge in [0.2, 0.25) is 24.5 Å². The molecule has 1 aromatic carbocycles. The van der Waals surface area contributed by atoms with Crippen LogP contribution in [-0.4, -0.2) is 97.3 Å². The monoisotopic (exact) mass is 677 g/mol.